The summed E-state index contributed by atoms with van der Waals surface area (Å²) < 4.78 is 0. The van der Waals surface area contributed by atoms with E-state index in [-0.39, 0.29) is 17.6 Å². The third kappa shape index (κ3) is 3.28. The number of carbonyl (C=O) groups is 2. The van der Waals surface area contributed by atoms with E-state index >= 15 is 0 Å². The van der Waals surface area contributed by atoms with Crippen molar-refractivity contribution < 1.29 is 9.59 Å². The minimum atomic E-state index is -0.127. The fourth-order valence-corrected chi connectivity index (χ4v) is 4.26. The van der Waals surface area contributed by atoms with Gasteiger partial charge in [-0.2, -0.15) is 0 Å². The average Bonchev–Trinajstić information content (AvgIpc) is 3.01. The molecule has 1 heterocycles. The number of fused-ring (bicyclic) bond motifs is 2. The van der Waals surface area contributed by atoms with E-state index in [1.165, 1.54) is 11.8 Å². The zero-order valence-corrected chi connectivity index (χ0v) is 15.3. The van der Waals surface area contributed by atoms with Gasteiger partial charge in [-0.25, -0.2) is 0 Å². The molecule has 0 saturated carbocycles. The van der Waals surface area contributed by atoms with Gasteiger partial charge in [-0.3, -0.25) is 9.59 Å². The van der Waals surface area contributed by atoms with Gasteiger partial charge in [-0.05, 0) is 35.2 Å². The number of benzene rings is 3. The SMILES string of the molecule is O=C(CSc1cccc2cccc(Cl)c12)Nc1ccc2c(c1)C(=O)NC2. The van der Waals surface area contributed by atoms with Crippen LogP contribution in [-0.4, -0.2) is 17.6 Å². The van der Waals surface area contributed by atoms with Crippen LogP contribution in [0.2, 0.25) is 5.02 Å². The second-order valence-corrected chi connectivity index (χ2v) is 7.41. The number of amides is 2. The zero-order valence-electron chi connectivity index (χ0n) is 13.7. The molecule has 2 N–H and O–H groups in total. The number of rotatable bonds is 4. The van der Waals surface area contributed by atoms with Gasteiger partial charge >= 0.3 is 0 Å². The Balaban J connectivity index is 1.47. The maximum atomic E-state index is 12.3. The van der Waals surface area contributed by atoms with Crippen molar-refractivity contribution in [1.29, 1.82) is 0 Å². The van der Waals surface area contributed by atoms with Crippen LogP contribution < -0.4 is 10.6 Å². The number of thioether (sulfide) groups is 1. The highest BCUT2D eigenvalue weighted by atomic mass is 35.5. The lowest BCUT2D eigenvalue weighted by molar-refractivity contribution is -0.113. The first-order chi connectivity index (χ1) is 12.6. The van der Waals surface area contributed by atoms with E-state index in [2.05, 4.69) is 10.6 Å². The summed E-state index contributed by atoms with van der Waals surface area (Å²) in [4.78, 5) is 25.0. The van der Waals surface area contributed by atoms with E-state index in [1.54, 1.807) is 6.07 Å². The van der Waals surface area contributed by atoms with Gasteiger partial charge in [0.1, 0.15) is 0 Å². The van der Waals surface area contributed by atoms with Gasteiger partial charge in [0.15, 0.2) is 0 Å². The molecule has 0 radical (unpaired) electrons. The maximum absolute atomic E-state index is 12.3. The molecule has 0 aromatic heterocycles. The minimum absolute atomic E-state index is 0.101. The van der Waals surface area contributed by atoms with Gasteiger partial charge < -0.3 is 10.6 Å². The van der Waals surface area contributed by atoms with Crippen LogP contribution in [0.4, 0.5) is 5.69 Å². The number of nitrogens with one attached hydrogen (secondary N) is 2. The lowest BCUT2D eigenvalue weighted by Crippen LogP contribution is -2.15. The van der Waals surface area contributed by atoms with Crippen LogP contribution in [0.5, 0.6) is 0 Å². The van der Waals surface area contributed by atoms with Gasteiger partial charge in [0.05, 0.1) is 5.75 Å². The summed E-state index contributed by atoms with van der Waals surface area (Å²) in [6.07, 6.45) is 0. The van der Waals surface area contributed by atoms with Crippen molar-refractivity contribution in [1.82, 2.24) is 5.32 Å². The molecule has 4 rings (SSSR count). The molecule has 2 amide bonds. The number of carbonyl (C=O) groups excluding carboxylic acids is 2. The summed E-state index contributed by atoms with van der Waals surface area (Å²) in [7, 11) is 0. The summed E-state index contributed by atoms with van der Waals surface area (Å²) in [5.41, 5.74) is 2.20. The van der Waals surface area contributed by atoms with E-state index in [0.29, 0.717) is 22.8 Å². The van der Waals surface area contributed by atoms with E-state index < -0.39 is 0 Å². The van der Waals surface area contributed by atoms with Crippen molar-refractivity contribution >= 4 is 51.6 Å². The van der Waals surface area contributed by atoms with Crippen LogP contribution in [-0.2, 0) is 11.3 Å². The predicted octanol–water partition coefficient (Wildman–Crippen LogP) is 4.47. The highest BCUT2D eigenvalue weighted by Gasteiger charge is 2.19. The number of hydrogen-bond acceptors (Lipinski definition) is 3. The van der Waals surface area contributed by atoms with Crippen molar-refractivity contribution in [2.75, 3.05) is 11.1 Å². The molecule has 3 aromatic rings. The normalized spacial score (nSPS) is 12.7. The van der Waals surface area contributed by atoms with E-state index in [0.717, 1.165) is 21.2 Å². The van der Waals surface area contributed by atoms with Crippen LogP contribution in [0, 0.1) is 0 Å². The summed E-state index contributed by atoms with van der Waals surface area (Å²) in [5.74, 6) is 0.0291. The first-order valence-electron chi connectivity index (χ1n) is 8.13. The lowest BCUT2D eigenvalue weighted by atomic mass is 10.1. The predicted molar refractivity (Wildman–Crippen MR) is 106 cm³/mol. The van der Waals surface area contributed by atoms with Gasteiger partial charge in [0.25, 0.3) is 5.91 Å². The van der Waals surface area contributed by atoms with Crippen molar-refractivity contribution in [3.63, 3.8) is 0 Å². The minimum Gasteiger partial charge on any atom is -0.348 e. The van der Waals surface area contributed by atoms with Gasteiger partial charge in [-0.15, -0.1) is 11.8 Å². The molecule has 0 spiro atoms. The van der Waals surface area contributed by atoms with Crippen LogP contribution in [0.15, 0.2) is 59.5 Å². The molecule has 0 aliphatic carbocycles. The zero-order chi connectivity index (χ0) is 18.1. The monoisotopic (exact) mass is 382 g/mol. The Bertz CT molecular complexity index is 1030. The molecular formula is C20H15ClN2O2S. The molecule has 6 heteroatoms. The summed E-state index contributed by atoms with van der Waals surface area (Å²) in [6, 6.07) is 17.1. The molecule has 0 bridgehead atoms. The molecule has 4 nitrogen and oxygen atoms in total. The average molecular weight is 383 g/mol. The summed E-state index contributed by atoms with van der Waals surface area (Å²) >= 11 is 7.76. The van der Waals surface area contributed by atoms with Crippen molar-refractivity contribution in [2.45, 2.75) is 11.4 Å². The van der Waals surface area contributed by atoms with Crippen LogP contribution in [0.3, 0.4) is 0 Å². The van der Waals surface area contributed by atoms with Gasteiger partial charge in [0.2, 0.25) is 5.91 Å². The molecule has 0 unspecified atom stereocenters. The van der Waals surface area contributed by atoms with Gasteiger partial charge in [0, 0.05) is 33.1 Å². The number of hydrogen-bond donors (Lipinski definition) is 2. The molecular weight excluding hydrogens is 368 g/mol. The molecule has 26 heavy (non-hydrogen) atoms. The molecule has 0 fully saturated rings. The Hall–Kier alpha value is -2.50. The third-order valence-corrected chi connectivity index (χ3v) is 5.62. The topological polar surface area (TPSA) is 58.2 Å². The number of halogens is 1. The van der Waals surface area contributed by atoms with Crippen molar-refractivity contribution in [3.8, 4) is 0 Å². The van der Waals surface area contributed by atoms with Crippen LogP contribution >= 0.6 is 23.4 Å². The molecule has 3 aromatic carbocycles. The standard InChI is InChI=1S/C20H15ClN2O2S/c21-16-5-1-3-12-4-2-6-17(19(12)16)26-11-18(24)23-14-8-7-13-10-22-20(25)15(13)9-14/h1-9H,10-11H2,(H,22,25)(H,23,24). The van der Waals surface area contributed by atoms with Crippen molar-refractivity contribution in [2.24, 2.45) is 0 Å². The highest BCUT2D eigenvalue weighted by molar-refractivity contribution is 8.00. The first-order valence-corrected chi connectivity index (χ1v) is 9.49. The fourth-order valence-electron chi connectivity index (χ4n) is 3.01. The molecule has 1 aliphatic rings. The van der Waals surface area contributed by atoms with E-state index in [9.17, 15) is 9.59 Å². The van der Waals surface area contributed by atoms with Gasteiger partial charge in [-0.1, -0.05) is 41.9 Å². The van der Waals surface area contributed by atoms with Crippen LogP contribution in [0.25, 0.3) is 10.8 Å². The first kappa shape index (κ1) is 16.9. The molecule has 0 atom stereocenters. The summed E-state index contributed by atoms with van der Waals surface area (Å²) in [6.45, 7) is 0.542. The Morgan fingerprint density at radius 1 is 1.15 bits per heavy atom. The second-order valence-electron chi connectivity index (χ2n) is 5.99. The van der Waals surface area contributed by atoms with E-state index in [4.69, 9.17) is 11.6 Å². The van der Waals surface area contributed by atoms with Crippen molar-refractivity contribution in [3.05, 3.63) is 70.7 Å². The highest BCUT2D eigenvalue weighted by Crippen LogP contribution is 2.33. The molecule has 130 valence electrons. The van der Waals surface area contributed by atoms with E-state index in [1.807, 2.05) is 48.5 Å². The maximum Gasteiger partial charge on any atom is 0.251 e. The second kappa shape index (κ2) is 7.02. The Morgan fingerprint density at radius 3 is 2.81 bits per heavy atom. The third-order valence-electron chi connectivity index (χ3n) is 4.25. The summed E-state index contributed by atoms with van der Waals surface area (Å²) in [5, 5.41) is 8.31. The quantitative estimate of drug-likeness (QED) is 0.654. The molecule has 1 aliphatic heterocycles. The number of anilines is 1. The molecule has 0 saturated heterocycles. The largest absolute Gasteiger partial charge is 0.348 e. The smallest absolute Gasteiger partial charge is 0.251 e. The Labute approximate surface area is 159 Å². The van der Waals surface area contributed by atoms with Crippen LogP contribution in [0.1, 0.15) is 15.9 Å². The Kier molecular flexibility index (Phi) is 4.57. The lowest BCUT2D eigenvalue weighted by Gasteiger charge is -2.09. The Morgan fingerprint density at radius 2 is 1.96 bits per heavy atom. The fraction of sp³-hybridized carbons (Fsp3) is 0.100.